The average Bonchev–Trinajstić information content (AvgIpc) is 2.21. The number of ether oxygens (including phenoxy) is 1. The Bertz CT molecular complexity index is 236. The van der Waals surface area contributed by atoms with Crippen molar-refractivity contribution in [3.63, 3.8) is 0 Å². The molecule has 1 aliphatic heterocycles. The van der Waals surface area contributed by atoms with E-state index in [0.717, 1.165) is 25.9 Å². The van der Waals surface area contributed by atoms with E-state index in [4.69, 9.17) is 4.74 Å². The van der Waals surface area contributed by atoms with Gasteiger partial charge in [-0.1, -0.05) is 18.6 Å². The summed E-state index contributed by atoms with van der Waals surface area (Å²) in [6.45, 7) is 6.59. The van der Waals surface area contributed by atoms with Gasteiger partial charge in [0.05, 0.1) is 6.61 Å². The lowest BCUT2D eigenvalue weighted by Gasteiger charge is -2.21. The van der Waals surface area contributed by atoms with Crippen LogP contribution in [0.2, 0.25) is 0 Å². The first-order chi connectivity index (χ1) is 7.24. The molecule has 1 atom stereocenters. The minimum Gasteiger partial charge on any atom is -0.466 e. The second-order valence-corrected chi connectivity index (χ2v) is 4.00. The highest BCUT2D eigenvalue weighted by atomic mass is 16.5. The summed E-state index contributed by atoms with van der Waals surface area (Å²) in [5.74, 6) is 0.542. The third kappa shape index (κ3) is 4.47. The van der Waals surface area contributed by atoms with Crippen molar-refractivity contribution in [2.45, 2.75) is 33.1 Å². The first kappa shape index (κ1) is 12.2. The van der Waals surface area contributed by atoms with Gasteiger partial charge >= 0.3 is 5.97 Å². The molecule has 0 spiro atoms. The van der Waals surface area contributed by atoms with Crippen LogP contribution in [0.3, 0.4) is 0 Å². The van der Waals surface area contributed by atoms with E-state index >= 15 is 0 Å². The Morgan fingerprint density at radius 1 is 1.67 bits per heavy atom. The van der Waals surface area contributed by atoms with E-state index in [0.29, 0.717) is 18.9 Å². The van der Waals surface area contributed by atoms with Gasteiger partial charge in [-0.15, -0.1) is 0 Å². The normalized spacial score (nSPS) is 20.9. The lowest BCUT2D eigenvalue weighted by atomic mass is 9.93. The molecule has 1 heterocycles. The summed E-state index contributed by atoms with van der Waals surface area (Å²) in [7, 11) is 0. The van der Waals surface area contributed by atoms with Gasteiger partial charge in [-0.3, -0.25) is 4.79 Å². The van der Waals surface area contributed by atoms with Gasteiger partial charge in [0, 0.05) is 19.5 Å². The molecule has 3 heteroatoms. The lowest BCUT2D eigenvalue weighted by Crippen LogP contribution is -2.27. The number of hydrogen-bond acceptors (Lipinski definition) is 3. The standard InChI is InChI=1S/C12H21NO2/c1-3-15-12(14)6-4-5-11-7-8-13-9-10(11)2/h7,10,13H,3-6,8-9H2,1-2H3. The second-order valence-electron chi connectivity index (χ2n) is 4.00. The Morgan fingerprint density at radius 3 is 3.13 bits per heavy atom. The number of carbonyl (C=O) groups excluding carboxylic acids is 1. The van der Waals surface area contributed by atoms with Crippen LogP contribution >= 0.6 is 0 Å². The summed E-state index contributed by atoms with van der Waals surface area (Å²) >= 11 is 0. The van der Waals surface area contributed by atoms with Crippen LogP contribution < -0.4 is 5.32 Å². The Balaban J connectivity index is 2.19. The van der Waals surface area contributed by atoms with Crippen LogP contribution in [-0.4, -0.2) is 25.7 Å². The number of carbonyl (C=O) groups is 1. The molecule has 0 amide bonds. The molecule has 1 aliphatic rings. The Labute approximate surface area is 91.9 Å². The van der Waals surface area contributed by atoms with Crippen LogP contribution in [0.5, 0.6) is 0 Å². The zero-order valence-electron chi connectivity index (χ0n) is 9.71. The fourth-order valence-corrected chi connectivity index (χ4v) is 1.85. The van der Waals surface area contributed by atoms with E-state index in [1.54, 1.807) is 0 Å². The number of hydrogen-bond donors (Lipinski definition) is 1. The van der Waals surface area contributed by atoms with Crippen LogP contribution in [0.15, 0.2) is 11.6 Å². The van der Waals surface area contributed by atoms with E-state index in [-0.39, 0.29) is 5.97 Å². The van der Waals surface area contributed by atoms with Gasteiger partial charge < -0.3 is 10.1 Å². The van der Waals surface area contributed by atoms with Crippen molar-refractivity contribution >= 4 is 5.97 Å². The predicted molar refractivity (Wildman–Crippen MR) is 60.6 cm³/mol. The van der Waals surface area contributed by atoms with E-state index < -0.39 is 0 Å². The predicted octanol–water partition coefficient (Wildman–Crippen LogP) is 1.89. The summed E-state index contributed by atoms with van der Waals surface area (Å²) in [5, 5.41) is 3.32. The first-order valence-corrected chi connectivity index (χ1v) is 5.79. The largest absolute Gasteiger partial charge is 0.466 e. The molecule has 0 aromatic rings. The van der Waals surface area contributed by atoms with Crippen LogP contribution in [0.1, 0.15) is 33.1 Å². The van der Waals surface area contributed by atoms with Crippen LogP contribution in [0.25, 0.3) is 0 Å². The van der Waals surface area contributed by atoms with Crippen LogP contribution in [-0.2, 0) is 9.53 Å². The number of nitrogens with one attached hydrogen (secondary N) is 1. The van der Waals surface area contributed by atoms with Crippen molar-refractivity contribution in [3.05, 3.63) is 11.6 Å². The molecule has 0 saturated heterocycles. The molecule has 0 aromatic carbocycles. The quantitative estimate of drug-likeness (QED) is 0.557. The van der Waals surface area contributed by atoms with Gasteiger partial charge in [-0.2, -0.15) is 0 Å². The van der Waals surface area contributed by atoms with Crippen molar-refractivity contribution < 1.29 is 9.53 Å². The average molecular weight is 211 g/mol. The maximum absolute atomic E-state index is 11.1. The molecule has 15 heavy (non-hydrogen) atoms. The summed E-state index contributed by atoms with van der Waals surface area (Å²) < 4.78 is 4.89. The molecule has 0 radical (unpaired) electrons. The molecule has 0 bridgehead atoms. The lowest BCUT2D eigenvalue weighted by molar-refractivity contribution is -0.143. The second kappa shape index (κ2) is 6.62. The Morgan fingerprint density at radius 2 is 2.47 bits per heavy atom. The summed E-state index contributed by atoms with van der Waals surface area (Å²) in [6.07, 6.45) is 4.74. The summed E-state index contributed by atoms with van der Waals surface area (Å²) in [4.78, 5) is 11.1. The molecular weight excluding hydrogens is 190 g/mol. The van der Waals surface area contributed by atoms with E-state index in [2.05, 4.69) is 18.3 Å². The van der Waals surface area contributed by atoms with E-state index in [9.17, 15) is 4.79 Å². The fraction of sp³-hybridized carbons (Fsp3) is 0.750. The summed E-state index contributed by atoms with van der Waals surface area (Å²) in [5.41, 5.74) is 1.48. The Hall–Kier alpha value is -0.830. The van der Waals surface area contributed by atoms with Crippen molar-refractivity contribution in [2.75, 3.05) is 19.7 Å². The molecule has 86 valence electrons. The highest BCUT2D eigenvalue weighted by Crippen LogP contribution is 2.19. The van der Waals surface area contributed by atoms with E-state index in [1.165, 1.54) is 5.57 Å². The van der Waals surface area contributed by atoms with Crippen LogP contribution in [0, 0.1) is 5.92 Å². The van der Waals surface area contributed by atoms with Crippen LogP contribution in [0.4, 0.5) is 0 Å². The first-order valence-electron chi connectivity index (χ1n) is 5.79. The number of esters is 1. The molecule has 1 unspecified atom stereocenters. The monoisotopic (exact) mass is 211 g/mol. The topological polar surface area (TPSA) is 38.3 Å². The molecule has 1 rings (SSSR count). The number of rotatable bonds is 5. The zero-order valence-corrected chi connectivity index (χ0v) is 9.71. The smallest absolute Gasteiger partial charge is 0.305 e. The maximum Gasteiger partial charge on any atom is 0.305 e. The fourth-order valence-electron chi connectivity index (χ4n) is 1.85. The minimum atomic E-state index is -0.0697. The van der Waals surface area contributed by atoms with Crippen molar-refractivity contribution in [1.29, 1.82) is 0 Å². The minimum absolute atomic E-state index is 0.0697. The van der Waals surface area contributed by atoms with E-state index in [1.807, 2.05) is 6.92 Å². The van der Waals surface area contributed by atoms with Crippen molar-refractivity contribution in [3.8, 4) is 0 Å². The van der Waals surface area contributed by atoms with Crippen molar-refractivity contribution in [1.82, 2.24) is 5.32 Å². The van der Waals surface area contributed by atoms with Gasteiger partial charge in [-0.25, -0.2) is 0 Å². The molecule has 3 nitrogen and oxygen atoms in total. The highest BCUT2D eigenvalue weighted by molar-refractivity contribution is 5.69. The molecule has 1 N–H and O–H groups in total. The zero-order chi connectivity index (χ0) is 11.1. The molecular formula is C12H21NO2. The van der Waals surface area contributed by atoms with Crippen molar-refractivity contribution in [2.24, 2.45) is 5.92 Å². The van der Waals surface area contributed by atoms with Gasteiger partial charge in [0.2, 0.25) is 0 Å². The maximum atomic E-state index is 11.1. The molecule has 0 saturated carbocycles. The van der Waals surface area contributed by atoms with Gasteiger partial charge in [0.1, 0.15) is 0 Å². The Kier molecular flexibility index (Phi) is 5.40. The van der Waals surface area contributed by atoms with Gasteiger partial charge in [0.15, 0.2) is 0 Å². The highest BCUT2D eigenvalue weighted by Gasteiger charge is 2.12. The molecule has 0 fully saturated rings. The third-order valence-electron chi connectivity index (χ3n) is 2.74. The molecule has 0 aromatic heterocycles. The third-order valence-corrected chi connectivity index (χ3v) is 2.74. The SMILES string of the molecule is CCOC(=O)CCCC1=CCNCC1C. The summed E-state index contributed by atoms with van der Waals surface area (Å²) in [6, 6.07) is 0. The van der Waals surface area contributed by atoms with Gasteiger partial charge in [-0.05, 0) is 25.7 Å². The van der Waals surface area contributed by atoms with Gasteiger partial charge in [0.25, 0.3) is 0 Å². The molecule has 0 aliphatic carbocycles.